The zero-order valence-corrected chi connectivity index (χ0v) is 13.2. The maximum Gasteiger partial charge on any atom is 0.160 e. The molecule has 2 unspecified atom stereocenters. The number of ketones is 1. The van der Waals surface area contributed by atoms with Crippen molar-refractivity contribution in [2.45, 2.75) is 5.92 Å². The summed E-state index contributed by atoms with van der Waals surface area (Å²) in [6.45, 7) is 1.13. The molecule has 0 N–H and O–H groups in total. The lowest BCUT2D eigenvalue weighted by Gasteiger charge is -2.07. The van der Waals surface area contributed by atoms with Crippen LogP contribution in [0.4, 0.5) is 8.78 Å². The van der Waals surface area contributed by atoms with Crippen LogP contribution in [0.1, 0.15) is 10.9 Å². The SMILES string of the molecule is N#CC(C(=O)C1[C@H]2COC[C@@H]12)c1nc(-c2cc(F)ccc2F)cs1. The van der Waals surface area contributed by atoms with Crippen LogP contribution < -0.4 is 0 Å². The number of benzene rings is 1. The van der Waals surface area contributed by atoms with Gasteiger partial charge in [-0.1, -0.05) is 0 Å². The molecule has 0 radical (unpaired) electrons. The predicted octanol–water partition coefficient (Wildman–Crippen LogP) is 3.16. The third kappa shape index (κ3) is 2.43. The van der Waals surface area contributed by atoms with Crippen molar-refractivity contribution in [3.05, 3.63) is 40.2 Å². The second-order valence-corrected chi connectivity index (χ2v) is 6.94. The fourth-order valence-corrected chi connectivity index (χ4v) is 4.20. The first-order valence-electron chi connectivity index (χ1n) is 7.52. The maximum atomic E-state index is 13.9. The number of carbonyl (C=O) groups is 1. The van der Waals surface area contributed by atoms with Gasteiger partial charge in [0.2, 0.25) is 0 Å². The Morgan fingerprint density at radius 1 is 1.38 bits per heavy atom. The topological polar surface area (TPSA) is 63.0 Å². The molecule has 0 amide bonds. The van der Waals surface area contributed by atoms with Crippen LogP contribution >= 0.6 is 11.3 Å². The van der Waals surface area contributed by atoms with Crippen LogP contribution in [-0.4, -0.2) is 24.0 Å². The van der Waals surface area contributed by atoms with Crippen molar-refractivity contribution < 1.29 is 18.3 Å². The Bertz CT molecular complexity index is 851. The molecule has 1 aromatic heterocycles. The summed E-state index contributed by atoms with van der Waals surface area (Å²) in [6, 6.07) is 5.12. The summed E-state index contributed by atoms with van der Waals surface area (Å²) in [4.78, 5) is 16.8. The molecule has 4 rings (SSSR count). The summed E-state index contributed by atoms with van der Waals surface area (Å²) in [6.07, 6.45) is 0. The Labute approximate surface area is 140 Å². The number of Topliss-reactive ketones (excluding diaryl/α,β-unsaturated/α-hetero) is 1. The van der Waals surface area contributed by atoms with E-state index in [-0.39, 0.29) is 34.8 Å². The highest BCUT2D eigenvalue weighted by Gasteiger charge is 2.59. The first-order valence-corrected chi connectivity index (χ1v) is 8.40. The first kappa shape index (κ1) is 15.4. The lowest BCUT2D eigenvalue weighted by atomic mass is 10.0. The van der Waals surface area contributed by atoms with Crippen molar-refractivity contribution in [3.63, 3.8) is 0 Å². The minimum absolute atomic E-state index is 0.0262. The van der Waals surface area contributed by atoms with E-state index in [0.29, 0.717) is 18.2 Å². The molecule has 2 aromatic rings. The van der Waals surface area contributed by atoms with E-state index in [1.54, 1.807) is 5.38 Å². The van der Waals surface area contributed by atoms with Crippen LogP contribution in [0.2, 0.25) is 0 Å². The van der Waals surface area contributed by atoms with Crippen LogP contribution in [0.5, 0.6) is 0 Å². The lowest BCUT2D eigenvalue weighted by Crippen LogP contribution is -2.17. The zero-order valence-electron chi connectivity index (χ0n) is 12.4. The van der Waals surface area contributed by atoms with Gasteiger partial charge in [0.15, 0.2) is 11.7 Å². The number of halogens is 2. The van der Waals surface area contributed by atoms with Crippen molar-refractivity contribution in [2.75, 3.05) is 13.2 Å². The fraction of sp³-hybridized carbons (Fsp3) is 0.353. The van der Waals surface area contributed by atoms with Crippen LogP contribution in [0.25, 0.3) is 11.3 Å². The smallest absolute Gasteiger partial charge is 0.160 e. The van der Waals surface area contributed by atoms with Crippen molar-refractivity contribution >= 4 is 17.1 Å². The number of thiazole rings is 1. The summed E-state index contributed by atoms with van der Waals surface area (Å²) in [5.74, 6) is -1.97. The van der Waals surface area contributed by atoms with E-state index in [1.165, 1.54) is 0 Å². The second kappa shape index (κ2) is 5.72. The number of nitrogens with zero attached hydrogens (tertiary/aromatic N) is 2. The molecule has 2 aliphatic rings. The summed E-state index contributed by atoms with van der Waals surface area (Å²) in [7, 11) is 0. The van der Waals surface area contributed by atoms with E-state index in [1.807, 2.05) is 6.07 Å². The van der Waals surface area contributed by atoms with Gasteiger partial charge in [0.05, 0.1) is 25.0 Å². The molecule has 1 aromatic carbocycles. The molecule has 0 bridgehead atoms. The molecule has 1 aliphatic carbocycles. The summed E-state index contributed by atoms with van der Waals surface area (Å²) in [5.41, 5.74) is 0.262. The second-order valence-electron chi connectivity index (χ2n) is 6.05. The number of hydrogen-bond donors (Lipinski definition) is 0. The van der Waals surface area contributed by atoms with E-state index in [9.17, 15) is 18.8 Å². The van der Waals surface area contributed by atoms with E-state index >= 15 is 0 Å². The molecule has 1 saturated heterocycles. The van der Waals surface area contributed by atoms with Crippen molar-refractivity contribution in [3.8, 4) is 17.3 Å². The number of rotatable bonds is 4. The standard InChI is InChI=1S/C17H12F2N2O2S/c18-8-1-2-13(19)9(3-8)14-7-24-17(21-14)10(4-20)16(22)15-11-5-23-6-12(11)15/h1-3,7,10-12,15H,5-6H2/t10?,11-,12+,15?. The molecule has 122 valence electrons. The minimum atomic E-state index is -0.962. The molecule has 24 heavy (non-hydrogen) atoms. The Morgan fingerprint density at radius 2 is 2.12 bits per heavy atom. The fourth-order valence-electron chi connectivity index (χ4n) is 3.33. The molecule has 7 heteroatoms. The van der Waals surface area contributed by atoms with Gasteiger partial charge in [-0.3, -0.25) is 4.79 Å². The monoisotopic (exact) mass is 346 g/mol. The van der Waals surface area contributed by atoms with Crippen molar-refractivity contribution in [1.29, 1.82) is 5.26 Å². The van der Waals surface area contributed by atoms with Gasteiger partial charge in [0.25, 0.3) is 0 Å². The quantitative estimate of drug-likeness (QED) is 0.853. The molecule has 2 heterocycles. The molecule has 4 atom stereocenters. The Morgan fingerprint density at radius 3 is 2.83 bits per heavy atom. The van der Waals surface area contributed by atoms with Gasteiger partial charge >= 0.3 is 0 Å². The average Bonchev–Trinajstić information content (AvgIpc) is 2.96. The van der Waals surface area contributed by atoms with Gasteiger partial charge in [-0.05, 0) is 30.0 Å². The average molecular weight is 346 g/mol. The van der Waals surface area contributed by atoms with E-state index in [2.05, 4.69) is 4.98 Å². The molecule has 1 aliphatic heterocycles. The van der Waals surface area contributed by atoms with Gasteiger partial charge in [-0.2, -0.15) is 5.26 Å². The summed E-state index contributed by atoms with van der Waals surface area (Å²) < 4.78 is 32.4. The number of carbonyl (C=O) groups excluding carboxylic acids is 1. The van der Waals surface area contributed by atoms with Crippen molar-refractivity contribution in [1.82, 2.24) is 4.98 Å². The highest BCUT2D eigenvalue weighted by molar-refractivity contribution is 7.10. The van der Waals surface area contributed by atoms with E-state index in [4.69, 9.17) is 4.74 Å². The molecular weight excluding hydrogens is 334 g/mol. The predicted molar refractivity (Wildman–Crippen MR) is 82.1 cm³/mol. The van der Waals surface area contributed by atoms with Crippen LogP contribution in [0.3, 0.4) is 0 Å². The normalized spacial score (nSPS) is 25.8. The Kier molecular flexibility index (Phi) is 3.66. The summed E-state index contributed by atoms with van der Waals surface area (Å²) in [5, 5.41) is 11.3. The maximum absolute atomic E-state index is 13.9. The molecule has 1 saturated carbocycles. The van der Waals surface area contributed by atoms with Crippen molar-refractivity contribution in [2.24, 2.45) is 17.8 Å². The van der Waals surface area contributed by atoms with Crippen LogP contribution in [0, 0.1) is 40.7 Å². The number of aromatic nitrogens is 1. The van der Waals surface area contributed by atoms with Gasteiger partial charge in [0.1, 0.15) is 16.6 Å². The minimum Gasteiger partial charge on any atom is -0.381 e. The number of fused-ring (bicyclic) bond motifs is 1. The van der Waals surface area contributed by atoms with E-state index in [0.717, 1.165) is 29.5 Å². The third-order valence-electron chi connectivity index (χ3n) is 4.67. The third-order valence-corrected chi connectivity index (χ3v) is 5.58. The number of nitriles is 1. The zero-order chi connectivity index (χ0) is 16.8. The number of ether oxygens (including phenoxy) is 1. The van der Waals surface area contributed by atoms with Gasteiger partial charge in [-0.15, -0.1) is 11.3 Å². The van der Waals surface area contributed by atoms with Crippen LogP contribution in [-0.2, 0) is 9.53 Å². The first-order chi connectivity index (χ1) is 11.6. The lowest BCUT2D eigenvalue weighted by molar-refractivity contribution is -0.121. The van der Waals surface area contributed by atoms with Gasteiger partial charge in [0, 0.05) is 16.9 Å². The molecule has 2 fully saturated rings. The highest BCUT2D eigenvalue weighted by atomic mass is 32.1. The largest absolute Gasteiger partial charge is 0.381 e. The number of hydrogen-bond acceptors (Lipinski definition) is 5. The molecule has 4 nitrogen and oxygen atoms in total. The highest BCUT2D eigenvalue weighted by Crippen LogP contribution is 2.53. The summed E-state index contributed by atoms with van der Waals surface area (Å²) >= 11 is 1.12. The molecule has 0 spiro atoms. The van der Waals surface area contributed by atoms with Gasteiger partial charge in [-0.25, -0.2) is 13.8 Å². The van der Waals surface area contributed by atoms with Crippen LogP contribution in [0.15, 0.2) is 23.6 Å². The van der Waals surface area contributed by atoms with Gasteiger partial charge < -0.3 is 4.74 Å². The van der Waals surface area contributed by atoms with E-state index < -0.39 is 17.6 Å². The molecular formula is C17H12F2N2O2S. The Hall–Kier alpha value is -2.17. The Balaban J connectivity index is 1.60.